The first-order chi connectivity index (χ1) is 5.52. The van der Waals surface area contributed by atoms with Crippen LogP contribution >= 0.6 is 0 Å². The number of aliphatic carboxylic acids is 1. The van der Waals surface area contributed by atoms with Gasteiger partial charge in [0.05, 0.1) is 6.10 Å². The van der Waals surface area contributed by atoms with Gasteiger partial charge in [0.15, 0.2) is 0 Å². The van der Waals surface area contributed by atoms with E-state index in [0.29, 0.717) is 0 Å². The molecule has 0 aliphatic carbocycles. The highest BCUT2D eigenvalue weighted by Gasteiger charge is 2.37. The number of aliphatic hydroxyl groups excluding tert-OH is 1. The predicted octanol–water partition coefficient (Wildman–Crippen LogP) is -0.918. The fourth-order valence-electron chi connectivity index (χ4n) is 1.10. The van der Waals surface area contributed by atoms with E-state index in [1.807, 2.05) is 0 Å². The Kier molecular flexibility index (Phi) is 2.14. The van der Waals surface area contributed by atoms with Crippen LogP contribution in [0.15, 0.2) is 11.8 Å². The van der Waals surface area contributed by atoms with Crippen LogP contribution in [-0.4, -0.2) is 28.2 Å². The highest BCUT2D eigenvalue weighted by Crippen LogP contribution is 2.22. The summed E-state index contributed by atoms with van der Waals surface area (Å²) < 4.78 is 0. The molecule has 0 radical (unpaired) electrons. The van der Waals surface area contributed by atoms with Crippen LogP contribution < -0.4 is 5.32 Å². The molecule has 0 saturated carbocycles. The Morgan fingerprint density at radius 3 is 2.67 bits per heavy atom. The number of nitrogens with one attached hydrogen (secondary N) is 1. The number of β-lactam (4-membered cyclic amide) rings is 1. The van der Waals surface area contributed by atoms with Gasteiger partial charge < -0.3 is 15.5 Å². The van der Waals surface area contributed by atoms with Crippen molar-refractivity contribution in [2.45, 2.75) is 13.0 Å². The highest BCUT2D eigenvalue weighted by molar-refractivity contribution is 5.94. The second kappa shape index (κ2) is 2.94. The summed E-state index contributed by atoms with van der Waals surface area (Å²) in [7, 11) is 0. The minimum Gasteiger partial charge on any atom is -0.478 e. The van der Waals surface area contributed by atoms with Gasteiger partial charge >= 0.3 is 5.97 Å². The molecule has 1 saturated heterocycles. The summed E-state index contributed by atoms with van der Waals surface area (Å²) in [5, 5.41) is 19.6. The molecule has 2 atom stereocenters. The molecular formula is C7H9NO4. The molecule has 0 spiro atoms. The number of rotatable bonds is 2. The number of carbonyl (C=O) groups excluding carboxylic acids is 1. The summed E-state index contributed by atoms with van der Waals surface area (Å²) in [6, 6.07) is 0. The molecule has 0 unspecified atom stereocenters. The Morgan fingerprint density at radius 1 is 1.75 bits per heavy atom. The zero-order valence-corrected chi connectivity index (χ0v) is 6.44. The van der Waals surface area contributed by atoms with Crippen LogP contribution in [0.4, 0.5) is 0 Å². The van der Waals surface area contributed by atoms with E-state index in [2.05, 4.69) is 5.32 Å². The van der Waals surface area contributed by atoms with Gasteiger partial charge in [-0.3, -0.25) is 4.79 Å². The maximum Gasteiger partial charge on any atom is 0.330 e. The first-order valence-corrected chi connectivity index (χ1v) is 3.46. The Labute approximate surface area is 68.7 Å². The number of carbonyl (C=O) groups is 2. The molecular weight excluding hydrogens is 162 g/mol. The van der Waals surface area contributed by atoms with Crippen LogP contribution in [0.2, 0.25) is 0 Å². The van der Waals surface area contributed by atoms with Gasteiger partial charge in [0.1, 0.15) is 5.92 Å². The van der Waals surface area contributed by atoms with Gasteiger partial charge in [0, 0.05) is 11.8 Å². The molecule has 1 rings (SSSR count). The van der Waals surface area contributed by atoms with E-state index in [1.54, 1.807) is 0 Å². The molecule has 3 N–H and O–H groups in total. The van der Waals surface area contributed by atoms with Crippen LogP contribution in [0, 0.1) is 5.92 Å². The number of aliphatic hydroxyl groups is 1. The quantitative estimate of drug-likeness (QED) is 0.370. The van der Waals surface area contributed by atoms with E-state index < -0.39 is 18.0 Å². The number of amides is 1. The van der Waals surface area contributed by atoms with Gasteiger partial charge in [0.2, 0.25) is 5.91 Å². The third kappa shape index (κ3) is 1.45. The third-order valence-corrected chi connectivity index (χ3v) is 1.65. The van der Waals surface area contributed by atoms with Crippen molar-refractivity contribution in [3.63, 3.8) is 0 Å². The molecule has 5 heteroatoms. The molecule has 1 aliphatic heterocycles. The van der Waals surface area contributed by atoms with Gasteiger partial charge in [-0.15, -0.1) is 0 Å². The lowest BCUT2D eigenvalue weighted by molar-refractivity contribution is -0.132. The van der Waals surface area contributed by atoms with Gasteiger partial charge in [-0.05, 0) is 6.92 Å². The van der Waals surface area contributed by atoms with E-state index in [4.69, 9.17) is 10.2 Å². The van der Waals surface area contributed by atoms with Crippen molar-refractivity contribution in [2.24, 2.45) is 5.92 Å². The van der Waals surface area contributed by atoms with E-state index in [9.17, 15) is 9.59 Å². The zero-order valence-electron chi connectivity index (χ0n) is 6.44. The zero-order chi connectivity index (χ0) is 9.30. The summed E-state index contributed by atoms with van der Waals surface area (Å²) in [5.41, 5.74) is 0.266. The van der Waals surface area contributed by atoms with Gasteiger partial charge in [-0.2, -0.15) is 0 Å². The molecule has 0 aromatic carbocycles. The Bertz CT molecular complexity index is 256. The summed E-state index contributed by atoms with van der Waals surface area (Å²) in [4.78, 5) is 20.9. The second-order valence-corrected chi connectivity index (χ2v) is 2.65. The van der Waals surface area contributed by atoms with Gasteiger partial charge in [-0.1, -0.05) is 0 Å². The van der Waals surface area contributed by atoms with Crippen LogP contribution in [0.3, 0.4) is 0 Å². The standard InChI is InChI=1S/C7H9NO4/c1-3(9)6-4(2-5(10)11)8-7(6)12/h2-3,6,9H,1H3,(H,8,12)(H,10,11)/b4-2-/t3-,6-/m1/s1. The van der Waals surface area contributed by atoms with Crippen LogP contribution in [0.1, 0.15) is 6.92 Å². The molecule has 1 aliphatic rings. The van der Waals surface area contributed by atoms with Crippen molar-refractivity contribution in [1.82, 2.24) is 5.32 Å². The van der Waals surface area contributed by atoms with Crippen molar-refractivity contribution >= 4 is 11.9 Å². The first kappa shape index (κ1) is 8.73. The molecule has 0 bridgehead atoms. The number of hydrogen-bond donors (Lipinski definition) is 3. The molecule has 0 aromatic heterocycles. The first-order valence-electron chi connectivity index (χ1n) is 3.46. The summed E-state index contributed by atoms with van der Waals surface area (Å²) in [5.74, 6) is -2.16. The average molecular weight is 171 g/mol. The fourth-order valence-corrected chi connectivity index (χ4v) is 1.10. The van der Waals surface area contributed by atoms with Crippen molar-refractivity contribution < 1.29 is 19.8 Å². The summed E-state index contributed by atoms with van der Waals surface area (Å²) in [6.07, 6.45) is 0.0445. The molecule has 1 amide bonds. The lowest BCUT2D eigenvalue weighted by Gasteiger charge is -2.31. The topological polar surface area (TPSA) is 86.6 Å². The highest BCUT2D eigenvalue weighted by atomic mass is 16.4. The monoisotopic (exact) mass is 171 g/mol. The maximum atomic E-state index is 10.8. The average Bonchev–Trinajstić information content (AvgIpc) is 1.82. The summed E-state index contributed by atoms with van der Waals surface area (Å²) >= 11 is 0. The smallest absolute Gasteiger partial charge is 0.330 e. The molecule has 1 fully saturated rings. The van der Waals surface area contributed by atoms with Crippen LogP contribution in [0.5, 0.6) is 0 Å². The van der Waals surface area contributed by atoms with E-state index in [0.717, 1.165) is 6.08 Å². The van der Waals surface area contributed by atoms with E-state index >= 15 is 0 Å². The molecule has 5 nitrogen and oxygen atoms in total. The van der Waals surface area contributed by atoms with E-state index in [-0.39, 0.29) is 11.6 Å². The molecule has 12 heavy (non-hydrogen) atoms. The molecule has 1 heterocycles. The fraction of sp³-hybridized carbons (Fsp3) is 0.429. The van der Waals surface area contributed by atoms with Gasteiger partial charge in [-0.25, -0.2) is 4.79 Å². The van der Waals surface area contributed by atoms with Crippen molar-refractivity contribution in [1.29, 1.82) is 0 Å². The lowest BCUT2D eigenvalue weighted by Crippen LogP contribution is -2.51. The normalized spacial score (nSPS) is 27.7. The van der Waals surface area contributed by atoms with Crippen molar-refractivity contribution in [3.8, 4) is 0 Å². The molecule has 0 aromatic rings. The Hall–Kier alpha value is -1.36. The van der Waals surface area contributed by atoms with Crippen molar-refractivity contribution in [2.75, 3.05) is 0 Å². The van der Waals surface area contributed by atoms with Crippen LogP contribution in [-0.2, 0) is 9.59 Å². The Morgan fingerprint density at radius 2 is 2.33 bits per heavy atom. The number of carboxylic acids is 1. The minimum absolute atomic E-state index is 0.266. The van der Waals surface area contributed by atoms with Gasteiger partial charge in [0.25, 0.3) is 0 Å². The Balaban J connectivity index is 2.72. The minimum atomic E-state index is -1.13. The second-order valence-electron chi connectivity index (χ2n) is 2.65. The lowest BCUT2D eigenvalue weighted by atomic mass is 9.91. The van der Waals surface area contributed by atoms with Crippen molar-refractivity contribution in [3.05, 3.63) is 11.8 Å². The largest absolute Gasteiger partial charge is 0.478 e. The number of hydrogen-bond acceptors (Lipinski definition) is 3. The third-order valence-electron chi connectivity index (χ3n) is 1.65. The number of carboxylic acid groups (broad SMARTS) is 1. The van der Waals surface area contributed by atoms with E-state index in [1.165, 1.54) is 6.92 Å². The summed E-state index contributed by atoms with van der Waals surface area (Å²) in [6.45, 7) is 1.44. The molecule has 66 valence electrons. The SMILES string of the molecule is C[C@@H](O)[C@H]1C(=O)N/C1=C\C(=O)O. The predicted molar refractivity (Wildman–Crippen MR) is 39.0 cm³/mol. The van der Waals surface area contributed by atoms with Crippen LogP contribution in [0.25, 0.3) is 0 Å². The maximum absolute atomic E-state index is 10.8.